The normalized spacial score (nSPS) is 13.0. The largest absolute Gasteiger partial charge is 0.420 e. The highest BCUT2D eigenvalue weighted by Gasteiger charge is 2.68. The summed E-state index contributed by atoms with van der Waals surface area (Å²) in [4.78, 5) is 11.2. The number of nitrogens with one attached hydrogen (secondary N) is 2. The SMILES string of the molecule is CC(NC(=O)Nc1c(F)c(F)c(F)c(F)c1F)(C(F)(F)F)C(F)(F)F. The van der Waals surface area contributed by atoms with E-state index in [0.29, 0.717) is 5.32 Å². The van der Waals surface area contributed by atoms with Gasteiger partial charge in [-0.25, -0.2) is 26.7 Å². The van der Waals surface area contributed by atoms with Gasteiger partial charge in [-0.15, -0.1) is 0 Å². The molecule has 14 heteroatoms. The van der Waals surface area contributed by atoms with Crippen LogP contribution in [0.1, 0.15) is 6.92 Å². The quantitative estimate of drug-likeness (QED) is 0.439. The van der Waals surface area contributed by atoms with Crippen LogP contribution in [0.5, 0.6) is 0 Å². The molecular formula is C11H5F11N2O. The molecule has 142 valence electrons. The number of anilines is 1. The Balaban J connectivity index is 3.25. The molecule has 0 heterocycles. The second kappa shape index (κ2) is 6.22. The van der Waals surface area contributed by atoms with Crippen molar-refractivity contribution in [2.75, 3.05) is 5.32 Å². The van der Waals surface area contributed by atoms with E-state index in [0.717, 1.165) is 5.32 Å². The van der Waals surface area contributed by atoms with E-state index in [1.54, 1.807) is 0 Å². The minimum atomic E-state index is -6.10. The third-order valence-corrected chi connectivity index (χ3v) is 2.95. The average Bonchev–Trinajstić information content (AvgIpc) is 2.45. The van der Waals surface area contributed by atoms with Crippen molar-refractivity contribution in [1.29, 1.82) is 0 Å². The van der Waals surface area contributed by atoms with Crippen LogP contribution in [0.25, 0.3) is 0 Å². The second-order valence-corrected chi connectivity index (χ2v) is 4.64. The molecule has 0 saturated carbocycles. The predicted molar refractivity (Wildman–Crippen MR) is 58.9 cm³/mol. The van der Waals surface area contributed by atoms with Gasteiger partial charge in [-0.2, -0.15) is 26.3 Å². The molecule has 0 spiro atoms. The van der Waals surface area contributed by atoms with Crippen LogP contribution in [0.4, 0.5) is 58.8 Å². The maximum Gasteiger partial charge on any atom is 0.420 e. The number of hydrogen-bond acceptors (Lipinski definition) is 1. The van der Waals surface area contributed by atoms with E-state index in [9.17, 15) is 53.1 Å². The third kappa shape index (κ3) is 3.56. The summed E-state index contributed by atoms with van der Waals surface area (Å²) in [5.74, 6) is -13.1. The Morgan fingerprint density at radius 2 is 1.04 bits per heavy atom. The molecule has 0 aliphatic carbocycles. The van der Waals surface area contributed by atoms with Crippen LogP contribution in [-0.4, -0.2) is 23.9 Å². The molecular weight excluding hydrogens is 385 g/mol. The van der Waals surface area contributed by atoms with Crippen molar-refractivity contribution in [1.82, 2.24) is 5.32 Å². The van der Waals surface area contributed by atoms with E-state index in [4.69, 9.17) is 0 Å². The van der Waals surface area contributed by atoms with E-state index in [1.807, 2.05) is 0 Å². The molecule has 2 N–H and O–H groups in total. The molecule has 0 saturated heterocycles. The molecule has 0 atom stereocenters. The number of urea groups is 1. The number of hydrogen-bond donors (Lipinski definition) is 2. The van der Waals surface area contributed by atoms with Gasteiger partial charge in [0, 0.05) is 0 Å². The first kappa shape index (κ1) is 20.8. The zero-order valence-electron chi connectivity index (χ0n) is 11.6. The maximum absolute atomic E-state index is 13.3. The number of carbonyl (C=O) groups is 1. The lowest BCUT2D eigenvalue weighted by Crippen LogP contribution is -2.66. The van der Waals surface area contributed by atoms with Crippen LogP contribution in [0, 0.1) is 29.1 Å². The Morgan fingerprint density at radius 3 is 1.36 bits per heavy atom. The summed E-state index contributed by atoms with van der Waals surface area (Å²) < 4.78 is 140. The third-order valence-electron chi connectivity index (χ3n) is 2.95. The fraction of sp³-hybridized carbons (Fsp3) is 0.364. The van der Waals surface area contributed by atoms with Crippen molar-refractivity contribution in [3.8, 4) is 0 Å². The minimum absolute atomic E-state index is 0.358. The topological polar surface area (TPSA) is 41.1 Å². The molecule has 0 aliphatic heterocycles. The molecule has 0 bridgehead atoms. The Morgan fingerprint density at radius 1 is 0.720 bits per heavy atom. The lowest BCUT2D eigenvalue weighted by Gasteiger charge is -2.34. The molecule has 25 heavy (non-hydrogen) atoms. The molecule has 1 aromatic rings. The van der Waals surface area contributed by atoms with Crippen LogP contribution in [-0.2, 0) is 0 Å². The fourth-order valence-corrected chi connectivity index (χ4v) is 1.39. The first-order valence-corrected chi connectivity index (χ1v) is 5.78. The summed E-state index contributed by atoms with van der Waals surface area (Å²) in [5, 5.41) is 1.10. The molecule has 0 radical (unpaired) electrons. The van der Waals surface area contributed by atoms with E-state index in [1.165, 1.54) is 0 Å². The van der Waals surface area contributed by atoms with Crippen molar-refractivity contribution in [2.24, 2.45) is 0 Å². The molecule has 2 amide bonds. The standard InChI is InChI=1S/C11H5F11N2O/c1-9(10(17,18)19,11(20,21)22)24-8(25)23-7-5(15)3(13)2(12)4(14)6(7)16/h1H3,(H2,23,24,25). The minimum Gasteiger partial charge on any atom is -0.316 e. The van der Waals surface area contributed by atoms with Crippen LogP contribution in [0.3, 0.4) is 0 Å². The summed E-state index contributed by atoms with van der Waals surface area (Å²) in [7, 11) is 0. The van der Waals surface area contributed by atoms with E-state index in [-0.39, 0.29) is 0 Å². The number of halogens is 11. The molecule has 3 nitrogen and oxygen atoms in total. The van der Waals surface area contributed by atoms with Gasteiger partial charge >= 0.3 is 18.4 Å². The van der Waals surface area contributed by atoms with Gasteiger partial charge in [-0.1, -0.05) is 0 Å². The zero-order valence-corrected chi connectivity index (χ0v) is 11.6. The van der Waals surface area contributed by atoms with Crippen LogP contribution >= 0.6 is 0 Å². The van der Waals surface area contributed by atoms with E-state index in [2.05, 4.69) is 0 Å². The molecule has 0 unspecified atom stereocenters. The maximum atomic E-state index is 13.3. The van der Waals surface area contributed by atoms with E-state index < -0.39 is 65.6 Å². The average molecular weight is 390 g/mol. The van der Waals surface area contributed by atoms with E-state index >= 15 is 0 Å². The molecule has 1 aromatic carbocycles. The van der Waals surface area contributed by atoms with Crippen molar-refractivity contribution in [3.63, 3.8) is 0 Å². The van der Waals surface area contributed by atoms with Crippen molar-refractivity contribution in [2.45, 2.75) is 24.8 Å². The smallest absolute Gasteiger partial charge is 0.316 e. The van der Waals surface area contributed by atoms with Gasteiger partial charge in [0.1, 0.15) is 5.69 Å². The van der Waals surface area contributed by atoms with Gasteiger partial charge in [-0.05, 0) is 6.92 Å². The highest BCUT2D eigenvalue weighted by Crippen LogP contribution is 2.42. The Hall–Kier alpha value is -2.28. The Bertz CT molecular complexity index is 652. The summed E-state index contributed by atoms with van der Waals surface area (Å²) in [6.45, 7) is -0.509. The first-order chi connectivity index (χ1) is 11.0. The number of rotatable bonds is 2. The Labute approximate surface area is 130 Å². The molecule has 1 rings (SSSR count). The van der Waals surface area contributed by atoms with Gasteiger partial charge in [-0.3, -0.25) is 0 Å². The number of alkyl halides is 6. The van der Waals surface area contributed by atoms with Crippen molar-refractivity contribution < 1.29 is 53.1 Å². The lowest BCUT2D eigenvalue weighted by atomic mass is 10.0. The van der Waals surface area contributed by atoms with Crippen molar-refractivity contribution >= 4 is 11.7 Å². The highest BCUT2D eigenvalue weighted by molar-refractivity contribution is 5.90. The molecule has 0 aromatic heterocycles. The van der Waals surface area contributed by atoms with Crippen LogP contribution in [0.2, 0.25) is 0 Å². The lowest BCUT2D eigenvalue weighted by molar-refractivity contribution is -0.297. The fourth-order valence-electron chi connectivity index (χ4n) is 1.39. The summed E-state index contributed by atoms with van der Waals surface area (Å²) in [5.41, 5.74) is -6.99. The number of amides is 2. The van der Waals surface area contributed by atoms with Crippen LogP contribution in [0.15, 0.2) is 0 Å². The predicted octanol–water partition coefficient (Wildman–Crippen LogP) is 4.39. The molecule has 0 aliphatic rings. The number of carbonyl (C=O) groups excluding carboxylic acids is 1. The van der Waals surface area contributed by atoms with Gasteiger partial charge < -0.3 is 10.6 Å². The van der Waals surface area contributed by atoms with Gasteiger partial charge in [0.15, 0.2) is 23.3 Å². The van der Waals surface area contributed by atoms with Gasteiger partial charge in [0.05, 0.1) is 0 Å². The monoisotopic (exact) mass is 390 g/mol. The van der Waals surface area contributed by atoms with Crippen LogP contribution < -0.4 is 10.6 Å². The van der Waals surface area contributed by atoms with Crippen molar-refractivity contribution in [3.05, 3.63) is 29.1 Å². The second-order valence-electron chi connectivity index (χ2n) is 4.64. The molecule has 0 fully saturated rings. The van der Waals surface area contributed by atoms with Gasteiger partial charge in [0.2, 0.25) is 11.4 Å². The Kier molecular flexibility index (Phi) is 5.17. The summed E-state index contributed by atoms with van der Waals surface area (Å²) in [6, 6.07) is -2.51. The number of benzene rings is 1. The zero-order chi connectivity index (χ0) is 20.0. The van der Waals surface area contributed by atoms with Gasteiger partial charge in [0.25, 0.3) is 0 Å². The summed E-state index contributed by atoms with van der Waals surface area (Å²) >= 11 is 0. The highest BCUT2D eigenvalue weighted by atomic mass is 19.4. The first-order valence-electron chi connectivity index (χ1n) is 5.78. The summed E-state index contributed by atoms with van der Waals surface area (Å²) in [6.07, 6.45) is -12.2.